The quantitative estimate of drug-likeness (QED) is 0.724. The summed E-state index contributed by atoms with van der Waals surface area (Å²) in [6, 6.07) is 9.18. The lowest BCUT2D eigenvalue weighted by Gasteiger charge is -2.35. The van der Waals surface area contributed by atoms with Gasteiger partial charge < -0.3 is 14.5 Å². The highest BCUT2D eigenvalue weighted by atomic mass is 35.5. The second-order valence-electron chi connectivity index (χ2n) is 6.06. The summed E-state index contributed by atoms with van der Waals surface area (Å²) in [6.07, 6.45) is 0. The lowest BCUT2D eigenvalue weighted by molar-refractivity contribution is 0.0535. The SMILES string of the molecule is COc1cccc(C(=O)N2CCN(C(=O)c3cc(F)c(Cl)cc3Cl)CC2)c1. The molecule has 0 aliphatic carbocycles. The fourth-order valence-electron chi connectivity index (χ4n) is 2.91. The first-order valence-corrected chi connectivity index (χ1v) is 9.03. The molecule has 1 heterocycles. The maximum absolute atomic E-state index is 13.7. The molecule has 3 rings (SSSR count). The molecule has 0 bridgehead atoms. The molecule has 1 saturated heterocycles. The summed E-state index contributed by atoms with van der Waals surface area (Å²) < 4.78 is 18.8. The van der Waals surface area contributed by atoms with Crippen LogP contribution in [-0.4, -0.2) is 54.9 Å². The van der Waals surface area contributed by atoms with Gasteiger partial charge in [-0.25, -0.2) is 4.39 Å². The van der Waals surface area contributed by atoms with E-state index in [9.17, 15) is 14.0 Å². The van der Waals surface area contributed by atoms with Gasteiger partial charge in [-0.1, -0.05) is 29.3 Å². The van der Waals surface area contributed by atoms with Gasteiger partial charge in [-0.15, -0.1) is 0 Å². The Hall–Kier alpha value is -2.31. The lowest BCUT2D eigenvalue weighted by atomic mass is 10.1. The minimum Gasteiger partial charge on any atom is -0.497 e. The predicted octanol–water partition coefficient (Wildman–Crippen LogP) is 3.74. The Kier molecular flexibility index (Phi) is 5.87. The molecule has 2 aromatic rings. The number of carbonyl (C=O) groups excluding carboxylic acids is 2. The normalized spacial score (nSPS) is 14.2. The van der Waals surface area contributed by atoms with Gasteiger partial charge in [0.2, 0.25) is 0 Å². The van der Waals surface area contributed by atoms with Crippen molar-refractivity contribution in [1.82, 2.24) is 9.80 Å². The predicted molar refractivity (Wildman–Crippen MR) is 101 cm³/mol. The van der Waals surface area contributed by atoms with E-state index in [0.717, 1.165) is 6.07 Å². The number of carbonyl (C=O) groups is 2. The first kappa shape index (κ1) is 19.5. The topological polar surface area (TPSA) is 49.9 Å². The van der Waals surface area contributed by atoms with Gasteiger partial charge in [0.05, 0.1) is 22.7 Å². The molecule has 1 aliphatic heterocycles. The largest absolute Gasteiger partial charge is 0.497 e. The van der Waals surface area contributed by atoms with E-state index in [2.05, 4.69) is 0 Å². The van der Waals surface area contributed by atoms with Gasteiger partial charge in [-0.2, -0.15) is 0 Å². The Bertz CT molecular complexity index is 883. The van der Waals surface area contributed by atoms with Crippen LogP contribution in [0.1, 0.15) is 20.7 Å². The molecular weight excluding hydrogens is 394 g/mol. The molecule has 5 nitrogen and oxygen atoms in total. The van der Waals surface area contributed by atoms with Crippen molar-refractivity contribution >= 4 is 35.0 Å². The van der Waals surface area contributed by atoms with Crippen molar-refractivity contribution in [3.63, 3.8) is 0 Å². The molecule has 8 heteroatoms. The van der Waals surface area contributed by atoms with E-state index in [-0.39, 0.29) is 27.4 Å². The number of halogens is 3. The molecule has 0 radical (unpaired) electrons. The van der Waals surface area contributed by atoms with Gasteiger partial charge in [-0.3, -0.25) is 9.59 Å². The zero-order valence-corrected chi connectivity index (χ0v) is 16.1. The van der Waals surface area contributed by atoms with Crippen LogP contribution in [0.5, 0.6) is 5.75 Å². The summed E-state index contributed by atoms with van der Waals surface area (Å²) in [4.78, 5) is 28.5. The number of methoxy groups -OCH3 is 1. The molecule has 0 spiro atoms. The average Bonchev–Trinajstić information content (AvgIpc) is 2.70. The first-order valence-electron chi connectivity index (χ1n) is 8.28. The first-order chi connectivity index (χ1) is 12.9. The third-order valence-corrected chi connectivity index (χ3v) is 5.01. The van der Waals surface area contributed by atoms with Crippen molar-refractivity contribution in [2.24, 2.45) is 0 Å². The number of piperazine rings is 1. The summed E-state index contributed by atoms with van der Waals surface area (Å²) >= 11 is 11.7. The van der Waals surface area contributed by atoms with E-state index >= 15 is 0 Å². The molecule has 1 fully saturated rings. The van der Waals surface area contributed by atoms with Gasteiger partial charge in [0.1, 0.15) is 11.6 Å². The number of benzene rings is 2. The summed E-state index contributed by atoms with van der Waals surface area (Å²) in [5.74, 6) is -0.606. The number of amides is 2. The van der Waals surface area contributed by atoms with Gasteiger partial charge in [0.25, 0.3) is 11.8 Å². The van der Waals surface area contributed by atoms with Crippen LogP contribution in [0, 0.1) is 5.82 Å². The smallest absolute Gasteiger partial charge is 0.255 e. The molecule has 0 atom stereocenters. The van der Waals surface area contributed by atoms with Crippen molar-refractivity contribution in [3.05, 3.63) is 63.4 Å². The van der Waals surface area contributed by atoms with E-state index in [1.807, 2.05) is 0 Å². The maximum Gasteiger partial charge on any atom is 0.255 e. The number of hydrogen-bond donors (Lipinski definition) is 0. The highest BCUT2D eigenvalue weighted by Crippen LogP contribution is 2.26. The molecule has 27 heavy (non-hydrogen) atoms. The summed E-state index contributed by atoms with van der Waals surface area (Å²) in [5, 5.41) is -0.0356. The van der Waals surface area contributed by atoms with E-state index in [1.165, 1.54) is 6.07 Å². The van der Waals surface area contributed by atoms with E-state index < -0.39 is 5.82 Å². The minimum atomic E-state index is -0.698. The van der Waals surface area contributed by atoms with Crippen LogP contribution >= 0.6 is 23.2 Å². The monoisotopic (exact) mass is 410 g/mol. The van der Waals surface area contributed by atoms with Crippen molar-refractivity contribution in [3.8, 4) is 5.75 Å². The zero-order chi connectivity index (χ0) is 19.6. The summed E-state index contributed by atoms with van der Waals surface area (Å²) in [7, 11) is 1.54. The highest BCUT2D eigenvalue weighted by molar-refractivity contribution is 6.36. The fourth-order valence-corrected chi connectivity index (χ4v) is 3.37. The minimum absolute atomic E-state index is 0.0612. The van der Waals surface area contributed by atoms with Crippen molar-refractivity contribution < 1.29 is 18.7 Å². The molecule has 0 unspecified atom stereocenters. The average molecular weight is 411 g/mol. The van der Waals surface area contributed by atoms with Gasteiger partial charge in [-0.05, 0) is 30.3 Å². The summed E-state index contributed by atoms with van der Waals surface area (Å²) in [5.41, 5.74) is 0.586. The summed E-state index contributed by atoms with van der Waals surface area (Å²) in [6.45, 7) is 1.40. The molecule has 1 aliphatic rings. The van der Waals surface area contributed by atoms with Crippen LogP contribution in [0.25, 0.3) is 0 Å². The van der Waals surface area contributed by atoms with Crippen molar-refractivity contribution in [2.45, 2.75) is 0 Å². The molecule has 2 aromatic carbocycles. The van der Waals surface area contributed by atoms with Crippen LogP contribution in [0.2, 0.25) is 10.0 Å². The van der Waals surface area contributed by atoms with Gasteiger partial charge in [0.15, 0.2) is 0 Å². The number of rotatable bonds is 3. The highest BCUT2D eigenvalue weighted by Gasteiger charge is 2.27. The second kappa shape index (κ2) is 8.15. The van der Waals surface area contributed by atoms with Crippen LogP contribution in [-0.2, 0) is 0 Å². The Balaban J connectivity index is 1.67. The van der Waals surface area contributed by atoms with Gasteiger partial charge in [0, 0.05) is 31.7 Å². The van der Waals surface area contributed by atoms with E-state index in [1.54, 1.807) is 41.2 Å². The Morgan fingerprint density at radius 2 is 1.59 bits per heavy atom. The van der Waals surface area contributed by atoms with Crippen LogP contribution in [0.4, 0.5) is 4.39 Å². The molecule has 0 aromatic heterocycles. The molecule has 142 valence electrons. The maximum atomic E-state index is 13.7. The van der Waals surface area contributed by atoms with E-state index in [4.69, 9.17) is 27.9 Å². The van der Waals surface area contributed by atoms with Crippen LogP contribution in [0.3, 0.4) is 0 Å². The molecule has 0 N–H and O–H groups in total. The van der Waals surface area contributed by atoms with Crippen LogP contribution < -0.4 is 4.74 Å². The van der Waals surface area contributed by atoms with E-state index in [0.29, 0.717) is 37.5 Å². The third kappa shape index (κ3) is 4.17. The Labute approximate surface area is 166 Å². The number of ether oxygens (including phenoxy) is 1. The van der Waals surface area contributed by atoms with Crippen molar-refractivity contribution in [2.75, 3.05) is 33.3 Å². The van der Waals surface area contributed by atoms with Crippen molar-refractivity contribution in [1.29, 1.82) is 0 Å². The number of nitrogens with zero attached hydrogens (tertiary/aromatic N) is 2. The zero-order valence-electron chi connectivity index (χ0n) is 14.5. The second-order valence-corrected chi connectivity index (χ2v) is 6.88. The van der Waals surface area contributed by atoms with Gasteiger partial charge >= 0.3 is 0 Å². The Morgan fingerprint density at radius 1 is 0.963 bits per heavy atom. The third-order valence-electron chi connectivity index (χ3n) is 4.41. The Morgan fingerprint density at radius 3 is 2.22 bits per heavy atom. The standard InChI is InChI=1S/C19H17Cl2FN2O3/c1-27-13-4-2-3-12(9-13)18(25)23-5-7-24(8-6-23)19(26)14-10-17(22)16(21)11-15(14)20/h2-4,9-11H,5-8H2,1H3. The lowest BCUT2D eigenvalue weighted by Crippen LogP contribution is -2.50. The van der Waals surface area contributed by atoms with Crippen LogP contribution in [0.15, 0.2) is 36.4 Å². The fraction of sp³-hybridized carbons (Fsp3) is 0.263. The number of hydrogen-bond acceptors (Lipinski definition) is 3. The molecule has 2 amide bonds. The molecule has 0 saturated carbocycles. The molecular formula is C19H17Cl2FN2O3.